The van der Waals surface area contributed by atoms with Gasteiger partial charge in [0, 0.05) is 17.0 Å². The van der Waals surface area contributed by atoms with Crippen molar-refractivity contribution < 1.29 is 9.84 Å². The smallest absolute Gasteiger partial charge is 0.143 e. The van der Waals surface area contributed by atoms with E-state index in [0.717, 1.165) is 22.2 Å². The monoisotopic (exact) mass is 233 g/mol. The number of fused-ring (bicyclic) bond motifs is 1. The maximum absolute atomic E-state index is 9.45. The number of benzene rings is 1. The van der Waals surface area contributed by atoms with E-state index in [1.807, 2.05) is 26.1 Å². The van der Waals surface area contributed by atoms with Crippen molar-refractivity contribution in [3.05, 3.63) is 29.5 Å². The molecular formula is C14H19NO2. The first-order valence-corrected chi connectivity index (χ1v) is 5.76. The summed E-state index contributed by atoms with van der Waals surface area (Å²) in [6.45, 7) is 6.23. The summed E-state index contributed by atoms with van der Waals surface area (Å²) in [5, 5.41) is 10.6. The second-order valence-corrected chi connectivity index (χ2v) is 5.11. The number of aromatic amines is 1. The van der Waals surface area contributed by atoms with Crippen LogP contribution >= 0.6 is 0 Å². The molecule has 92 valence electrons. The summed E-state index contributed by atoms with van der Waals surface area (Å²) in [7, 11) is 1.67. The van der Waals surface area contributed by atoms with Gasteiger partial charge in [0.15, 0.2) is 0 Å². The predicted octanol–water partition coefficient (Wildman–Crippen LogP) is 2.75. The Hall–Kier alpha value is -1.48. The minimum absolute atomic E-state index is 0.116. The van der Waals surface area contributed by atoms with Crippen LogP contribution in [0.25, 0.3) is 10.9 Å². The highest BCUT2D eigenvalue weighted by Crippen LogP contribution is 2.33. The Kier molecular flexibility index (Phi) is 2.87. The summed E-state index contributed by atoms with van der Waals surface area (Å²) in [4.78, 5) is 3.22. The fourth-order valence-electron chi connectivity index (χ4n) is 1.98. The first kappa shape index (κ1) is 12.0. The molecule has 0 spiro atoms. The zero-order valence-corrected chi connectivity index (χ0v) is 10.8. The van der Waals surface area contributed by atoms with Gasteiger partial charge in [-0.2, -0.15) is 0 Å². The largest absolute Gasteiger partial charge is 0.495 e. The molecule has 2 rings (SSSR count). The number of rotatable bonds is 3. The number of methoxy groups -OCH3 is 1. The summed E-state index contributed by atoms with van der Waals surface area (Å²) >= 11 is 0. The Bertz CT molecular complexity index is 540. The van der Waals surface area contributed by atoms with E-state index in [0.29, 0.717) is 0 Å². The molecule has 0 saturated heterocycles. The van der Waals surface area contributed by atoms with Gasteiger partial charge in [-0.05, 0) is 30.2 Å². The van der Waals surface area contributed by atoms with Crippen molar-refractivity contribution in [2.24, 2.45) is 0 Å². The van der Waals surface area contributed by atoms with Crippen molar-refractivity contribution >= 4 is 10.9 Å². The first-order valence-electron chi connectivity index (χ1n) is 5.76. The number of hydrogen-bond donors (Lipinski definition) is 2. The van der Waals surface area contributed by atoms with Crippen LogP contribution in [0.2, 0.25) is 0 Å². The van der Waals surface area contributed by atoms with Gasteiger partial charge in [-0.1, -0.05) is 13.8 Å². The van der Waals surface area contributed by atoms with Gasteiger partial charge < -0.3 is 14.8 Å². The summed E-state index contributed by atoms with van der Waals surface area (Å²) in [6.07, 6.45) is 1.98. The zero-order valence-electron chi connectivity index (χ0n) is 10.8. The second kappa shape index (κ2) is 4.08. The van der Waals surface area contributed by atoms with Crippen LogP contribution in [0.15, 0.2) is 18.3 Å². The molecular weight excluding hydrogens is 214 g/mol. The van der Waals surface area contributed by atoms with Gasteiger partial charge in [0.05, 0.1) is 19.2 Å². The van der Waals surface area contributed by atoms with E-state index in [2.05, 4.69) is 18.0 Å². The van der Waals surface area contributed by atoms with Crippen molar-refractivity contribution in [3.8, 4) is 5.75 Å². The minimum atomic E-state index is -0.259. The third-order valence-corrected chi connectivity index (χ3v) is 3.36. The van der Waals surface area contributed by atoms with Crippen LogP contribution < -0.4 is 4.74 Å². The quantitative estimate of drug-likeness (QED) is 0.856. The van der Waals surface area contributed by atoms with E-state index < -0.39 is 0 Å². The molecule has 0 unspecified atom stereocenters. The van der Waals surface area contributed by atoms with Crippen molar-refractivity contribution in [2.75, 3.05) is 13.7 Å². The highest BCUT2D eigenvalue weighted by atomic mass is 16.5. The average Bonchev–Trinajstić information content (AvgIpc) is 2.70. The number of hydrogen-bond acceptors (Lipinski definition) is 2. The lowest BCUT2D eigenvalue weighted by atomic mass is 9.84. The molecule has 0 aliphatic heterocycles. The van der Waals surface area contributed by atoms with Gasteiger partial charge in [-0.25, -0.2) is 0 Å². The molecule has 0 aliphatic carbocycles. The van der Waals surface area contributed by atoms with E-state index in [-0.39, 0.29) is 12.0 Å². The number of ether oxygens (including phenoxy) is 1. The Morgan fingerprint density at radius 3 is 2.65 bits per heavy atom. The fourth-order valence-corrected chi connectivity index (χ4v) is 1.98. The lowest BCUT2D eigenvalue weighted by molar-refractivity contribution is 0.218. The summed E-state index contributed by atoms with van der Waals surface area (Å²) in [5.74, 6) is 0.826. The van der Waals surface area contributed by atoms with E-state index >= 15 is 0 Å². The number of aromatic nitrogens is 1. The van der Waals surface area contributed by atoms with E-state index in [9.17, 15) is 5.11 Å². The van der Waals surface area contributed by atoms with Crippen LogP contribution in [0.4, 0.5) is 0 Å². The molecule has 17 heavy (non-hydrogen) atoms. The highest BCUT2D eigenvalue weighted by molar-refractivity contribution is 5.89. The maximum atomic E-state index is 9.45. The minimum Gasteiger partial charge on any atom is -0.495 e. The van der Waals surface area contributed by atoms with Crippen LogP contribution in [0, 0.1) is 6.92 Å². The topological polar surface area (TPSA) is 45.2 Å². The highest BCUT2D eigenvalue weighted by Gasteiger charge is 2.22. The number of aliphatic hydroxyl groups excluding tert-OH is 1. The molecule has 0 aliphatic rings. The van der Waals surface area contributed by atoms with Crippen LogP contribution in [0.5, 0.6) is 5.75 Å². The van der Waals surface area contributed by atoms with Crippen molar-refractivity contribution in [1.29, 1.82) is 0 Å². The Morgan fingerprint density at radius 2 is 2.06 bits per heavy atom. The number of nitrogens with one attached hydrogen (secondary N) is 1. The van der Waals surface area contributed by atoms with Crippen LogP contribution in [-0.2, 0) is 5.41 Å². The Labute approximate surface area is 101 Å². The van der Waals surface area contributed by atoms with Crippen molar-refractivity contribution in [1.82, 2.24) is 4.98 Å². The SMILES string of the molecule is COc1cc(C(C)(C)CO)cc2c(C)c[nH]c12. The Balaban J connectivity index is 2.71. The number of H-pyrrole nitrogens is 1. The second-order valence-electron chi connectivity index (χ2n) is 5.11. The summed E-state index contributed by atoms with van der Waals surface area (Å²) < 4.78 is 5.41. The zero-order chi connectivity index (χ0) is 12.6. The summed E-state index contributed by atoms with van der Waals surface area (Å²) in [5.41, 5.74) is 3.04. The summed E-state index contributed by atoms with van der Waals surface area (Å²) in [6, 6.07) is 4.12. The molecule has 1 heterocycles. The molecule has 2 aromatic rings. The molecule has 0 bridgehead atoms. The number of aryl methyl sites for hydroxylation is 1. The molecule has 0 amide bonds. The molecule has 0 atom stereocenters. The molecule has 0 radical (unpaired) electrons. The van der Waals surface area contributed by atoms with Crippen molar-refractivity contribution in [2.45, 2.75) is 26.2 Å². The normalized spacial score (nSPS) is 12.1. The lowest BCUT2D eigenvalue weighted by Crippen LogP contribution is -2.22. The van der Waals surface area contributed by atoms with Gasteiger partial charge >= 0.3 is 0 Å². The predicted molar refractivity (Wildman–Crippen MR) is 69.7 cm³/mol. The van der Waals surface area contributed by atoms with E-state index in [1.165, 1.54) is 5.56 Å². The number of aliphatic hydroxyl groups is 1. The lowest BCUT2D eigenvalue weighted by Gasteiger charge is -2.23. The molecule has 1 aromatic carbocycles. The van der Waals surface area contributed by atoms with Gasteiger partial charge in [0.2, 0.25) is 0 Å². The molecule has 2 N–H and O–H groups in total. The molecule has 0 fully saturated rings. The van der Waals surface area contributed by atoms with Gasteiger partial charge in [-0.3, -0.25) is 0 Å². The maximum Gasteiger partial charge on any atom is 0.143 e. The van der Waals surface area contributed by atoms with Gasteiger partial charge in [0.25, 0.3) is 0 Å². The van der Waals surface area contributed by atoms with Gasteiger partial charge in [-0.15, -0.1) is 0 Å². The van der Waals surface area contributed by atoms with Crippen molar-refractivity contribution in [3.63, 3.8) is 0 Å². The Morgan fingerprint density at radius 1 is 1.35 bits per heavy atom. The standard InChI is InChI=1S/C14H19NO2/c1-9-7-15-13-11(9)5-10(6-12(13)17-4)14(2,3)8-16/h5-7,15-16H,8H2,1-4H3. The van der Waals surface area contributed by atoms with Gasteiger partial charge in [0.1, 0.15) is 5.75 Å². The molecule has 3 nitrogen and oxygen atoms in total. The first-order chi connectivity index (χ1) is 7.99. The van der Waals surface area contributed by atoms with E-state index in [4.69, 9.17) is 4.74 Å². The third-order valence-electron chi connectivity index (χ3n) is 3.36. The van der Waals surface area contributed by atoms with Crippen LogP contribution in [0.3, 0.4) is 0 Å². The van der Waals surface area contributed by atoms with Crippen LogP contribution in [0.1, 0.15) is 25.0 Å². The fraction of sp³-hybridized carbons (Fsp3) is 0.429. The average molecular weight is 233 g/mol. The third kappa shape index (κ3) is 1.91. The molecule has 3 heteroatoms. The van der Waals surface area contributed by atoms with E-state index in [1.54, 1.807) is 7.11 Å². The van der Waals surface area contributed by atoms with Crippen LogP contribution in [-0.4, -0.2) is 23.8 Å². The molecule has 1 aromatic heterocycles. The molecule has 0 saturated carbocycles.